The van der Waals surface area contributed by atoms with Gasteiger partial charge >= 0.3 is 0 Å². The molecule has 0 saturated heterocycles. The van der Waals surface area contributed by atoms with E-state index >= 15 is 0 Å². The maximum absolute atomic E-state index is 5.00. The van der Waals surface area contributed by atoms with Gasteiger partial charge in [-0.2, -0.15) is 0 Å². The number of aryl methyl sites for hydroxylation is 1. The Bertz CT molecular complexity index is 233. The van der Waals surface area contributed by atoms with Crippen molar-refractivity contribution in [2.45, 2.75) is 11.8 Å². The molecule has 0 bridgehead atoms. The molecular weight excluding hydrogens is 144 g/mol. The molecule has 0 aromatic heterocycles. The summed E-state index contributed by atoms with van der Waals surface area (Å²) >= 11 is 4.24. The molecule has 1 aromatic rings. The van der Waals surface area contributed by atoms with Crippen LogP contribution in [0.25, 0.3) is 0 Å². The first-order valence-corrected chi connectivity index (χ1v) is 3.52. The highest BCUT2D eigenvalue weighted by atomic mass is 32.1. The molecular formula is C8H10OS. The van der Waals surface area contributed by atoms with Gasteiger partial charge in [0.25, 0.3) is 0 Å². The van der Waals surface area contributed by atoms with Crippen LogP contribution in [0.5, 0.6) is 5.75 Å². The molecule has 0 aliphatic heterocycles. The van der Waals surface area contributed by atoms with E-state index in [1.807, 2.05) is 25.1 Å². The van der Waals surface area contributed by atoms with Crippen molar-refractivity contribution in [1.29, 1.82) is 0 Å². The molecule has 1 rings (SSSR count). The lowest BCUT2D eigenvalue weighted by Gasteiger charge is -2.01. The largest absolute Gasteiger partial charge is 0.497 e. The normalized spacial score (nSPS) is 9.50. The van der Waals surface area contributed by atoms with Gasteiger partial charge < -0.3 is 4.74 Å². The molecule has 0 aliphatic rings. The Balaban J connectivity index is 3.04. The first kappa shape index (κ1) is 7.48. The van der Waals surface area contributed by atoms with Crippen LogP contribution < -0.4 is 4.74 Å². The van der Waals surface area contributed by atoms with Crippen molar-refractivity contribution >= 4 is 12.6 Å². The summed E-state index contributed by atoms with van der Waals surface area (Å²) in [5.41, 5.74) is 1.17. The molecule has 54 valence electrons. The van der Waals surface area contributed by atoms with E-state index in [1.165, 1.54) is 5.56 Å². The van der Waals surface area contributed by atoms with Gasteiger partial charge in [-0.25, -0.2) is 0 Å². The Kier molecular flexibility index (Phi) is 2.22. The zero-order valence-corrected chi connectivity index (χ0v) is 6.98. The van der Waals surface area contributed by atoms with Crippen molar-refractivity contribution in [2.24, 2.45) is 0 Å². The van der Waals surface area contributed by atoms with E-state index in [4.69, 9.17) is 4.74 Å². The number of rotatable bonds is 1. The lowest BCUT2D eigenvalue weighted by atomic mass is 10.2. The van der Waals surface area contributed by atoms with Crippen molar-refractivity contribution in [3.63, 3.8) is 0 Å². The van der Waals surface area contributed by atoms with Crippen molar-refractivity contribution in [2.75, 3.05) is 7.11 Å². The van der Waals surface area contributed by atoms with Gasteiger partial charge in [-0.3, -0.25) is 0 Å². The van der Waals surface area contributed by atoms with Crippen LogP contribution in [0.1, 0.15) is 5.56 Å². The minimum absolute atomic E-state index is 0.857. The molecule has 0 unspecified atom stereocenters. The molecule has 0 fully saturated rings. The van der Waals surface area contributed by atoms with E-state index < -0.39 is 0 Å². The third kappa shape index (κ3) is 1.45. The number of hydrogen-bond donors (Lipinski definition) is 1. The smallest absolute Gasteiger partial charge is 0.119 e. The molecule has 0 N–H and O–H groups in total. The van der Waals surface area contributed by atoms with Crippen LogP contribution in [-0.4, -0.2) is 7.11 Å². The fraction of sp³-hybridized carbons (Fsp3) is 0.250. The van der Waals surface area contributed by atoms with Gasteiger partial charge in [-0.1, -0.05) is 6.07 Å². The minimum Gasteiger partial charge on any atom is -0.497 e. The van der Waals surface area contributed by atoms with E-state index in [0.29, 0.717) is 0 Å². The summed E-state index contributed by atoms with van der Waals surface area (Å²) in [6.07, 6.45) is 0. The molecule has 1 nitrogen and oxygen atoms in total. The summed E-state index contributed by atoms with van der Waals surface area (Å²) in [4.78, 5) is 0.972. The number of thiol groups is 1. The van der Waals surface area contributed by atoms with Crippen LogP contribution in [0.15, 0.2) is 23.1 Å². The fourth-order valence-corrected chi connectivity index (χ4v) is 0.918. The van der Waals surface area contributed by atoms with E-state index in [0.717, 1.165) is 10.6 Å². The van der Waals surface area contributed by atoms with Crippen molar-refractivity contribution in [3.8, 4) is 5.75 Å². The van der Waals surface area contributed by atoms with Crippen LogP contribution >= 0.6 is 12.6 Å². The zero-order valence-electron chi connectivity index (χ0n) is 6.09. The average molecular weight is 154 g/mol. The van der Waals surface area contributed by atoms with Gasteiger partial charge in [0.1, 0.15) is 5.75 Å². The molecule has 0 spiro atoms. The van der Waals surface area contributed by atoms with Crippen LogP contribution in [0.4, 0.5) is 0 Å². The van der Waals surface area contributed by atoms with Gasteiger partial charge in [-0.15, -0.1) is 12.6 Å². The van der Waals surface area contributed by atoms with E-state index in [1.54, 1.807) is 7.11 Å². The molecule has 0 atom stereocenters. The zero-order chi connectivity index (χ0) is 7.56. The van der Waals surface area contributed by atoms with Crippen LogP contribution in [0, 0.1) is 6.92 Å². The standard InChI is InChI=1S/C8H10OS/c1-6-3-4-7(9-2)5-8(6)10/h3-5,10H,1-2H3. The summed E-state index contributed by atoms with van der Waals surface area (Å²) in [5, 5.41) is 0. The maximum Gasteiger partial charge on any atom is 0.119 e. The SMILES string of the molecule is COc1ccc(C)c(S)c1. The van der Waals surface area contributed by atoms with Gasteiger partial charge in [0, 0.05) is 4.90 Å². The second-order valence-electron chi connectivity index (χ2n) is 2.15. The Morgan fingerprint density at radius 3 is 2.60 bits per heavy atom. The number of ether oxygens (including phenoxy) is 1. The predicted octanol–water partition coefficient (Wildman–Crippen LogP) is 2.29. The minimum atomic E-state index is 0.857. The Morgan fingerprint density at radius 1 is 1.40 bits per heavy atom. The second kappa shape index (κ2) is 2.97. The predicted molar refractivity (Wildman–Crippen MR) is 45.0 cm³/mol. The number of hydrogen-bond acceptors (Lipinski definition) is 2. The highest BCUT2D eigenvalue weighted by Gasteiger charge is 1.94. The van der Waals surface area contributed by atoms with Crippen molar-refractivity contribution in [3.05, 3.63) is 23.8 Å². The van der Waals surface area contributed by atoms with Gasteiger partial charge in [-0.05, 0) is 24.6 Å². The van der Waals surface area contributed by atoms with Gasteiger partial charge in [0.05, 0.1) is 7.11 Å². The van der Waals surface area contributed by atoms with Crippen LogP contribution in [0.2, 0.25) is 0 Å². The summed E-state index contributed by atoms with van der Waals surface area (Å²) < 4.78 is 5.00. The highest BCUT2D eigenvalue weighted by molar-refractivity contribution is 7.80. The van der Waals surface area contributed by atoms with E-state index in [2.05, 4.69) is 12.6 Å². The summed E-state index contributed by atoms with van der Waals surface area (Å²) in [6, 6.07) is 5.81. The first-order valence-electron chi connectivity index (χ1n) is 3.07. The van der Waals surface area contributed by atoms with Crippen LogP contribution in [0.3, 0.4) is 0 Å². The molecule has 0 saturated carbocycles. The average Bonchev–Trinajstić information content (AvgIpc) is 1.95. The van der Waals surface area contributed by atoms with Crippen molar-refractivity contribution < 1.29 is 4.74 Å². The maximum atomic E-state index is 5.00. The molecule has 1 aromatic carbocycles. The number of benzene rings is 1. The van der Waals surface area contributed by atoms with Gasteiger partial charge in [0.15, 0.2) is 0 Å². The number of methoxy groups -OCH3 is 1. The Hall–Kier alpha value is -0.630. The van der Waals surface area contributed by atoms with E-state index in [-0.39, 0.29) is 0 Å². The quantitative estimate of drug-likeness (QED) is 0.611. The lowest BCUT2D eigenvalue weighted by molar-refractivity contribution is 0.413. The third-order valence-electron chi connectivity index (χ3n) is 1.42. The molecule has 10 heavy (non-hydrogen) atoms. The molecule has 0 aliphatic carbocycles. The summed E-state index contributed by atoms with van der Waals surface area (Å²) in [7, 11) is 1.65. The van der Waals surface area contributed by atoms with E-state index in [9.17, 15) is 0 Å². The molecule has 2 heteroatoms. The Morgan fingerprint density at radius 2 is 2.10 bits per heavy atom. The second-order valence-corrected chi connectivity index (χ2v) is 2.63. The first-order chi connectivity index (χ1) is 4.74. The molecule has 0 heterocycles. The van der Waals surface area contributed by atoms with Gasteiger partial charge in [0.2, 0.25) is 0 Å². The highest BCUT2D eigenvalue weighted by Crippen LogP contribution is 2.19. The summed E-state index contributed by atoms with van der Waals surface area (Å²) in [5.74, 6) is 0.857. The summed E-state index contributed by atoms with van der Waals surface area (Å²) in [6.45, 7) is 2.02. The third-order valence-corrected chi connectivity index (χ3v) is 1.90. The van der Waals surface area contributed by atoms with Crippen LogP contribution in [-0.2, 0) is 0 Å². The lowest BCUT2D eigenvalue weighted by Crippen LogP contribution is -1.83. The monoisotopic (exact) mass is 154 g/mol. The fourth-order valence-electron chi connectivity index (χ4n) is 0.716. The molecule has 0 amide bonds. The Labute approximate surface area is 66.4 Å². The van der Waals surface area contributed by atoms with Crippen molar-refractivity contribution in [1.82, 2.24) is 0 Å². The topological polar surface area (TPSA) is 9.23 Å². The molecule has 0 radical (unpaired) electrons.